The van der Waals surface area contributed by atoms with Crippen molar-refractivity contribution in [3.63, 3.8) is 0 Å². The van der Waals surface area contributed by atoms with E-state index in [0.29, 0.717) is 24.6 Å². The van der Waals surface area contributed by atoms with Gasteiger partial charge in [-0.2, -0.15) is 4.31 Å². The lowest BCUT2D eigenvalue weighted by Crippen LogP contribution is -2.44. The Hall–Kier alpha value is -3.05. The predicted octanol–water partition coefficient (Wildman–Crippen LogP) is 3.97. The van der Waals surface area contributed by atoms with E-state index in [4.69, 9.17) is 0 Å². The first kappa shape index (κ1) is 25.6. The summed E-state index contributed by atoms with van der Waals surface area (Å²) in [5, 5.41) is 15.3. The fourth-order valence-corrected chi connectivity index (χ4v) is 6.35. The highest BCUT2D eigenvalue weighted by Gasteiger charge is 2.40. The number of hydrogen-bond acceptors (Lipinski definition) is 6. The molecule has 2 aromatic rings. The van der Waals surface area contributed by atoms with Crippen LogP contribution >= 0.6 is 0 Å². The van der Waals surface area contributed by atoms with Crippen LogP contribution in [0.1, 0.15) is 54.7 Å². The van der Waals surface area contributed by atoms with Crippen molar-refractivity contribution >= 4 is 10.0 Å². The van der Waals surface area contributed by atoms with Gasteiger partial charge in [-0.15, -0.1) is 0 Å². The van der Waals surface area contributed by atoms with Gasteiger partial charge < -0.3 is 10.6 Å². The molecule has 11 heteroatoms. The van der Waals surface area contributed by atoms with Gasteiger partial charge in [0.25, 0.3) is 6.20 Å². The highest BCUT2D eigenvalue weighted by molar-refractivity contribution is 7.89. The van der Waals surface area contributed by atoms with Crippen molar-refractivity contribution in [3.8, 4) is 0 Å². The maximum atomic E-state index is 15.0. The van der Waals surface area contributed by atoms with Gasteiger partial charge in [0, 0.05) is 30.8 Å². The van der Waals surface area contributed by atoms with Gasteiger partial charge in [0.15, 0.2) is 5.82 Å². The van der Waals surface area contributed by atoms with E-state index in [0.717, 1.165) is 12.1 Å². The van der Waals surface area contributed by atoms with E-state index >= 15 is 4.39 Å². The Labute approximate surface area is 197 Å². The van der Waals surface area contributed by atoms with Crippen molar-refractivity contribution < 1.29 is 22.1 Å². The van der Waals surface area contributed by atoms with Gasteiger partial charge in [-0.3, -0.25) is 10.1 Å². The third-order valence-corrected chi connectivity index (χ3v) is 8.40. The van der Waals surface area contributed by atoms with Crippen LogP contribution in [-0.2, 0) is 16.6 Å². The molecule has 0 saturated carbocycles. The van der Waals surface area contributed by atoms with Crippen LogP contribution < -0.4 is 10.6 Å². The molecule has 1 fully saturated rings. The van der Waals surface area contributed by atoms with Crippen LogP contribution in [0.15, 0.2) is 54.5 Å². The van der Waals surface area contributed by atoms with E-state index in [1.54, 1.807) is 31.2 Å². The molecule has 0 bridgehead atoms. The molecule has 2 aromatic carbocycles. The second kappa shape index (κ2) is 10.5. The minimum atomic E-state index is -3.80. The Morgan fingerprint density at radius 1 is 1.24 bits per heavy atom. The number of nitrogens with zero attached hydrogens (tertiary/aromatic N) is 2. The molecule has 1 heterocycles. The second-order valence-corrected chi connectivity index (χ2v) is 10.4. The number of sulfonamides is 1. The van der Waals surface area contributed by atoms with Crippen LogP contribution in [0.25, 0.3) is 0 Å². The Balaban J connectivity index is 1.86. The number of rotatable bonds is 8. The lowest BCUT2D eigenvalue weighted by atomic mass is 10.0. The van der Waals surface area contributed by atoms with Gasteiger partial charge in [0.05, 0.1) is 11.0 Å². The zero-order valence-electron chi connectivity index (χ0n) is 19.2. The minimum absolute atomic E-state index is 0.0292. The number of nitrogens with one attached hydrogen (secondary N) is 2. The molecule has 34 heavy (non-hydrogen) atoms. The predicted molar refractivity (Wildman–Crippen MR) is 124 cm³/mol. The molecule has 184 valence electrons. The van der Waals surface area contributed by atoms with Gasteiger partial charge in [0.1, 0.15) is 16.9 Å². The number of benzene rings is 2. The molecule has 8 nitrogen and oxygen atoms in total. The molecule has 0 aliphatic carbocycles. The quantitative estimate of drug-likeness (QED) is 0.425. The largest absolute Gasteiger partial charge is 0.370 e. The normalized spacial score (nSPS) is 21.6. The summed E-state index contributed by atoms with van der Waals surface area (Å²) in [6.07, 6.45) is 1.73. The first-order valence-corrected chi connectivity index (χ1v) is 12.4. The van der Waals surface area contributed by atoms with Crippen molar-refractivity contribution in [2.75, 3.05) is 7.05 Å². The van der Waals surface area contributed by atoms with E-state index in [2.05, 4.69) is 10.6 Å². The molecular formula is C23H28F2N4O4S. The second-order valence-electron chi connectivity index (χ2n) is 8.33. The van der Waals surface area contributed by atoms with Gasteiger partial charge in [-0.25, -0.2) is 17.2 Å². The summed E-state index contributed by atoms with van der Waals surface area (Å²) in [5.41, 5.74) is 0.555. The van der Waals surface area contributed by atoms with Crippen molar-refractivity contribution in [1.82, 2.24) is 14.9 Å². The molecule has 1 saturated heterocycles. The zero-order valence-corrected chi connectivity index (χ0v) is 20.0. The molecule has 1 unspecified atom stereocenters. The fourth-order valence-electron chi connectivity index (χ4n) is 4.17. The topological polar surface area (TPSA) is 105 Å². The first-order valence-electron chi connectivity index (χ1n) is 10.9. The van der Waals surface area contributed by atoms with Crippen LogP contribution in [0, 0.1) is 21.7 Å². The van der Waals surface area contributed by atoms with Gasteiger partial charge >= 0.3 is 0 Å². The highest BCUT2D eigenvalue weighted by Crippen LogP contribution is 2.38. The monoisotopic (exact) mass is 494 g/mol. The molecule has 3 rings (SSSR count). The SMILES string of the molecule is CN/C(=C/[N+](=O)[O-])NC(C)c1cc(F)c(CN2[C@@H](C)CC[C@H](c3ccccc3)S2(=O)=O)cc1F. The lowest BCUT2D eigenvalue weighted by molar-refractivity contribution is -0.404. The van der Waals surface area contributed by atoms with Crippen LogP contribution in [-0.4, -0.2) is 30.7 Å². The standard InChI is InChI=1S/C23H28F2N4O4S/c1-15-9-10-22(17-7-5-4-6-8-17)34(32,33)28(15)13-18-11-21(25)19(12-20(18)24)16(2)27-23(26-3)14-29(30)31/h4-8,11-12,14-16,22,26-27H,9-10,13H2,1-3H3/b23-14-/t15-,16?,22+/m0/s1. The third kappa shape index (κ3) is 5.53. The average Bonchev–Trinajstić information content (AvgIpc) is 2.78. The molecular weight excluding hydrogens is 466 g/mol. The summed E-state index contributed by atoms with van der Waals surface area (Å²) in [7, 11) is -2.34. The Bertz CT molecular complexity index is 1170. The Morgan fingerprint density at radius 2 is 1.91 bits per heavy atom. The number of nitro groups is 1. The van der Waals surface area contributed by atoms with E-state index in [1.807, 2.05) is 6.07 Å². The molecule has 0 amide bonds. The zero-order chi connectivity index (χ0) is 25.0. The highest BCUT2D eigenvalue weighted by atomic mass is 32.2. The van der Waals surface area contributed by atoms with Gasteiger partial charge in [-0.05, 0) is 44.4 Å². The van der Waals surface area contributed by atoms with Crippen molar-refractivity contribution in [1.29, 1.82) is 0 Å². The molecule has 0 radical (unpaired) electrons. The lowest BCUT2D eigenvalue weighted by Gasteiger charge is -2.37. The van der Waals surface area contributed by atoms with Crippen molar-refractivity contribution in [3.05, 3.63) is 92.9 Å². The smallest absolute Gasteiger partial charge is 0.274 e. The molecule has 0 spiro atoms. The van der Waals surface area contributed by atoms with Gasteiger partial charge in [-0.1, -0.05) is 30.3 Å². The molecule has 1 aliphatic rings. The molecule has 3 atom stereocenters. The number of halogens is 2. The third-order valence-electron chi connectivity index (χ3n) is 6.03. The summed E-state index contributed by atoms with van der Waals surface area (Å²) in [6, 6.07) is 9.71. The summed E-state index contributed by atoms with van der Waals surface area (Å²) >= 11 is 0. The summed E-state index contributed by atoms with van der Waals surface area (Å²) in [4.78, 5) is 10.0. The Kier molecular flexibility index (Phi) is 7.88. The van der Waals surface area contributed by atoms with Crippen molar-refractivity contribution in [2.24, 2.45) is 0 Å². The van der Waals surface area contributed by atoms with Crippen LogP contribution in [0.5, 0.6) is 0 Å². The molecule has 0 aromatic heterocycles. The van der Waals surface area contributed by atoms with Crippen molar-refractivity contribution in [2.45, 2.75) is 50.6 Å². The maximum Gasteiger partial charge on any atom is 0.274 e. The minimum Gasteiger partial charge on any atom is -0.370 e. The summed E-state index contributed by atoms with van der Waals surface area (Å²) in [5.74, 6) is -1.46. The van der Waals surface area contributed by atoms with E-state index in [-0.39, 0.29) is 29.5 Å². The van der Waals surface area contributed by atoms with Crippen LogP contribution in [0.3, 0.4) is 0 Å². The molecule has 2 N–H and O–H groups in total. The fraction of sp³-hybridized carbons (Fsp3) is 0.391. The summed E-state index contributed by atoms with van der Waals surface area (Å²) < 4.78 is 57.9. The summed E-state index contributed by atoms with van der Waals surface area (Å²) in [6.45, 7) is 3.00. The van der Waals surface area contributed by atoms with E-state index in [1.165, 1.54) is 18.3 Å². The van der Waals surface area contributed by atoms with E-state index in [9.17, 15) is 22.9 Å². The maximum absolute atomic E-state index is 15.0. The number of hydrogen-bond donors (Lipinski definition) is 2. The first-order chi connectivity index (χ1) is 16.0. The van der Waals surface area contributed by atoms with Crippen LogP contribution in [0.2, 0.25) is 0 Å². The average molecular weight is 495 g/mol. The molecule has 1 aliphatic heterocycles. The van der Waals surface area contributed by atoms with Crippen LogP contribution in [0.4, 0.5) is 8.78 Å². The Morgan fingerprint density at radius 3 is 2.53 bits per heavy atom. The van der Waals surface area contributed by atoms with E-state index < -0.39 is 37.9 Å². The van der Waals surface area contributed by atoms with Gasteiger partial charge in [0.2, 0.25) is 10.0 Å².